The van der Waals surface area contributed by atoms with Crippen LogP contribution in [-0.2, 0) is 11.3 Å². The number of halogens is 1. The van der Waals surface area contributed by atoms with Crippen LogP contribution >= 0.6 is 11.6 Å². The van der Waals surface area contributed by atoms with Gasteiger partial charge in [0.25, 0.3) is 0 Å². The molecule has 2 rings (SSSR count). The zero-order valence-electron chi connectivity index (χ0n) is 11.0. The van der Waals surface area contributed by atoms with Gasteiger partial charge in [0.1, 0.15) is 12.4 Å². The third kappa shape index (κ3) is 4.05. The van der Waals surface area contributed by atoms with Gasteiger partial charge in [0.15, 0.2) is 18.3 Å². The standard InChI is InChI=1S/C15H15ClO4/c1-18-10-20-13-4-2-3-11(7-13)9-19-15-6-5-12(16)8-14(15)17/h2-8,17H,9-10H2,1H3. The van der Waals surface area contributed by atoms with Crippen molar-refractivity contribution >= 4 is 11.6 Å². The quantitative estimate of drug-likeness (QED) is 0.827. The second kappa shape index (κ2) is 7.03. The Morgan fingerprint density at radius 2 is 1.95 bits per heavy atom. The molecular formula is C15H15ClO4. The first-order valence-electron chi connectivity index (χ1n) is 6.01. The lowest BCUT2D eigenvalue weighted by Gasteiger charge is -2.10. The fraction of sp³-hybridized carbons (Fsp3) is 0.200. The fourth-order valence-electron chi connectivity index (χ4n) is 1.63. The summed E-state index contributed by atoms with van der Waals surface area (Å²) in [4.78, 5) is 0. The molecule has 0 radical (unpaired) electrons. The van der Waals surface area contributed by atoms with Crippen molar-refractivity contribution in [3.05, 3.63) is 53.1 Å². The van der Waals surface area contributed by atoms with Gasteiger partial charge in [-0.2, -0.15) is 0 Å². The molecule has 0 fully saturated rings. The summed E-state index contributed by atoms with van der Waals surface area (Å²) in [6.07, 6.45) is 0. The predicted octanol–water partition coefficient (Wildman–Crippen LogP) is 3.61. The molecule has 0 atom stereocenters. The van der Waals surface area contributed by atoms with E-state index in [-0.39, 0.29) is 12.5 Å². The highest BCUT2D eigenvalue weighted by atomic mass is 35.5. The zero-order chi connectivity index (χ0) is 14.4. The van der Waals surface area contributed by atoms with Crippen molar-refractivity contribution < 1.29 is 19.3 Å². The lowest BCUT2D eigenvalue weighted by Crippen LogP contribution is -2.00. The first-order chi connectivity index (χ1) is 9.69. The number of ether oxygens (including phenoxy) is 3. The molecule has 106 valence electrons. The summed E-state index contributed by atoms with van der Waals surface area (Å²) in [7, 11) is 1.57. The van der Waals surface area contributed by atoms with Crippen LogP contribution in [0, 0.1) is 0 Å². The van der Waals surface area contributed by atoms with Crippen LogP contribution in [0.15, 0.2) is 42.5 Å². The molecule has 4 nitrogen and oxygen atoms in total. The van der Waals surface area contributed by atoms with Crippen LogP contribution in [0.2, 0.25) is 5.02 Å². The van der Waals surface area contributed by atoms with Crippen LogP contribution in [0.5, 0.6) is 17.2 Å². The van der Waals surface area contributed by atoms with E-state index in [1.807, 2.05) is 24.3 Å². The van der Waals surface area contributed by atoms with Gasteiger partial charge in [-0.15, -0.1) is 0 Å². The molecule has 0 aliphatic carbocycles. The Kier molecular flexibility index (Phi) is 5.09. The SMILES string of the molecule is COCOc1cccc(COc2ccc(Cl)cc2O)c1. The monoisotopic (exact) mass is 294 g/mol. The van der Waals surface area contributed by atoms with E-state index >= 15 is 0 Å². The van der Waals surface area contributed by atoms with Crippen molar-refractivity contribution in [1.82, 2.24) is 0 Å². The minimum Gasteiger partial charge on any atom is -0.504 e. The maximum absolute atomic E-state index is 9.69. The van der Waals surface area contributed by atoms with Gasteiger partial charge in [-0.3, -0.25) is 0 Å². The number of hydrogen-bond donors (Lipinski definition) is 1. The Morgan fingerprint density at radius 3 is 2.70 bits per heavy atom. The van der Waals surface area contributed by atoms with Gasteiger partial charge in [0, 0.05) is 18.2 Å². The highest BCUT2D eigenvalue weighted by molar-refractivity contribution is 6.30. The number of methoxy groups -OCH3 is 1. The van der Waals surface area contributed by atoms with E-state index in [0.717, 1.165) is 5.56 Å². The molecule has 1 N–H and O–H groups in total. The molecule has 0 amide bonds. The number of phenols is 1. The van der Waals surface area contributed by atoms with Gasteiger partial charge in [-0.1, -0.05) is 23.7 Å². The van der Waals surface area contributed by atoms with E-state index in [0.29, 0.717) is 23.1 Å². The number of hydrogen-bond acceptors (Lipinski definition) is 4. The molecule has 0 saturated carbocycles. The van der Waals surface area contributed by atoms with Gasteiger partial charge < -0.3 is 19.3 Å². The highest BCUT2D eigenvalue weighted by Gasteiger charge is 2.04. The Morgan fingerprint density at radius 1 is 1.10 bits per heavy atom. The zero-order valence-corrected chi connectivity index (χ0v) is 11.8. The average Bonchev–Trinajstić information content (AvgIpc) is 2.45. The summed E-state index contributed by atoms with van der Waals surface area (Å²) in [5, 5.41) is 10.2. The van der Waals surface area contributed by atoms with Gasteiger partial charge in [-0.05, 0) is 29.8 Å². The molecule has 0 aromatic heterocycles. The van der Waals surface area contributed by atoms with Gasteiger partial charge in [0.2, 0.25) is 0 Å². The smallest absolute Gasteiger partial charge is 0.188 e. The van der Waals surface area contributed by atoms with E-state index in [1.54, 1.807) is 19.2 Å². The minimum absolute atomic E-state index is 0.0179. The molecule has 5 heteroatoms. The summed E-state index contributed by atoms with van der Waals surface area (Å²) in [6.45, 7) is 0.516. The molecule has 0 heterocycles. The topological polar surface area (TPSA) is 47.9 Å². The maximum atomic E-state index is 9.69. The van der Waals surface area contributed by atoms with E-state index in [9.17, 15) is 5.11 Å². The van der Waals surface area contributed by atoms with Crippen LogP contribution < -0.4 is 9.47 Å². The highest BCUT2D eigenvalue weighted by Crippen LogP contribution is 2.29. The minimum atomic E-state index is 0.0179. The fourth-order valence-corrected chi connectivity index (χ4v) is 1.79. The van der Waals surface area contributed by atoms with Gasteiger partial charge >= 0.3 is 0 Å². The van der Waals surface area contributed by atoms with Crippen molar-refractivity contribution in [3.8, 4) is 17.2 Å². The van der Waals surface area contributed by atoms with Crippen LogP contribution in [-0.4, -0.2) is 19.0 Å². The van der Waals surface area contributed by atoms with Crippen molar-refractivity contribution in [1.29, 1.82) is 0 Å². The van der Waals surface area contributed by atoms with E-state index in [2.05, 4.69) is 0 Å². The number of phenolic OH excluding ortho intramolecular Hbond substituents is 1. The molecule has 0 spiro atoms. The van der Waals surface area contributed by atoms with E-state index in [4.69, 9.17) is 25.8 Å². The first kappa shape index (κ1) is 14.5. The third-order valence-corrected chi connectivity index (χ3v) is 2.79. The number of benzene rings is 2. The summed E-state index contributed by atoms with van der Waals surface area (Å²) >= 11 is 5.76. The summed E-state index contributed by atoms with van der Waals surface area (Å²) < 4.78 is 15.7. The molecule has 0 saturated heterocycles. The first-order valence-corrected chi connectivity index (χ1v) is 6.39. The molecule has 2 aromatic carbocycles. The van der Waals surface area contributed by atoms with Crippen molar-refractivity contribution in [2.45, 2.75) is 6.61 Å². The van der Waals surface area contributed by atoms with Crippen LogP contribution in [0.1, 0.15) is 5.56 Å². The normalized spacial score (nSPS) is 10.3. The third-order valence-electron chi connectivity index (χ3n) is 2.56. The second-order valence-electron chi connectivity index (χ2n) is 4.10. The summed E-state index contributed by atoms with van der Waals surface area (Å²) in [5.74, 6) is 1.11. The number of aromatic hydroxyl groups is 1. The molecule has 0 bridgehead atoms. The summed E-state index contributed by atoms with van der Waals surface area (Å²) in [5.41, 5.74) is 0.924. The molecule has 0 unspecified atom stereocenters. The van der Waals surface area contributed by atoms with Crippen LogP contribution in [0.3, 0.4) is 0 Å². The second-order valence-corrected chi connectivity index (χ2v) is 4.54. The Labute approximate surface area is 122 Å². The largest absolute Gasteiger partial charge is 0.504 e. The average molecular weight is 295 g/mol. The Balaban J connectivity index is 1.99. The molecule has 0 aliphatic rings. The van der Waals surface area contributed by atoms with Crippen LogP contribution in [0.4, 0.5) is 0 Å². The predicted molar refractivity (Wildman–Crippen MR) is 76.4 cm³/mol. The van der Waals surface area contributed by atoms with Crippen molar-refractivity contribution in [3.63, 3.8) is 0 Å². The number of rotatable bonds is 6. The van der Waals surface area contributed by atoms with E-state index < -0.39 is 0 Å². The Bertz CT molecular complexity index is 572. The molecule has 20 heavy (non-hydrogen) atoms. The summed E-state index contributed by atoms with van der Waals surface area (Å²) in [6, 6.07) is 12.2. The van der Waals surface area contributed by atoms with Crippen molar-refractivity contribution in [2.24, 2.45) is 0 Å². The molecule has 0 aliphatic heterocycles. The lowest BCUT2D eigenvalue weighted by molar-refractivity contribution is 0.0510. The van der Waals surface area contributed by atoms with Crippen molar-refractivity contribution in [2.75, 3.05) is 13.9 Å². The van der Waals surface area contributed by atoms with E-state index in [1.165, 1.54) is 6.07 Å². The lowest BCUT2D eigenvalue weighted by atomic mass is 10.2. The molecular weight excluding hydrogens is 280 g/mol. The van der Waals surface area contributed by atoms with Crippen LogP contribution in [0.25, 0.3) is 0 Å². The maximum Gasteiger partial charge on any atom is 0.188 e. The van der Waals surface area contributed by atoms with Gasteiger partial charge in [-0.25, -0.2) is 0 Å². The Hall–Kier alpha value is -1.91. The van der Waals surface area contributed by atoms with Gasteiger partial charge in [0.05, 0.1) is 0 Å². The molecule has 2 aromatic rings.